The van der Waals surface area contributed by atoms with E-state index < -0.39 is 15.7 Å². The fourth-order valence-corrected chi connectivity index (χ4v) is 4.71. The molecule has 1 aliphatic rings. The predicted molar refractivity (Wildman–Crippen MR) is 129 cm³/mol. The summed E-state index contributed by atoms with van der Waals surface area (Å²) in [6, 6.07) is 7.78. The molecule has 0 radical (unpaired) electrons. The Labute approximate surface area is 198 Å². The SMILES string of the molecule is CN1CCN(C=CCS(=O)(=O)c2ccc(-c3c(O)[nH]c4ccc(C(N)=O)cc34)nc2)CC1.Cl. The third-order valence-electron chi connectivity index (χ3n) is 5.58. The van der Waals surface area contributed by atoms with E-state index in [1.165, 1.54) is 18.3 Å². The molecule has 176 valence electrons. The van der Waals surface area contributed by atoms with Gasteiger partial charge in [0.1, 0.15) is 0 Å². The highest BCUT2D eigenvalue weighted by molar-refractivity contribution is 7.91. The zero-order chi connectivity index (χ0) is 22.9. The first-order valence-corrected chi connectivity index (χ1v) is 11.8. The van der Waals surface area contributed by atoms with Crippen molar-refractivity contribution in [1.29, 1.82) is 0 Å². The second kappa shape index (κ2) is 9.82. The van der Waals surface area contributed by atoms with E-state index in [-0.39, 0.29) is 28.9 Å². The molecule has 11 heteroatoms. The molecule has 4 rings (SSSR count). The van der Waals surface area contributed by atoms with E-state index >= 15 is 0 Å². The lowest BCUT2D eigenvalue weighted by Gasteiger charge is -2.31. The standard InChI is InChI=1S/C22H25N5O4S.ClH/c1-26-8-10-27(11-9-26)7-2-12-32(30,31)16-4-6-19(24-14-16)20-17-13-15(21(23)28)3-5-18(17)25-22(20)29;/h2-7,13-14,25,29H,8-12H2,1H3,(H2,23,28);1H. The van der Waals surface area contributed by atoms with Crippen LogP contribution in [0.1, 0.15) is 10.4 Å². The average Bonchev–Trinajstić information content (AvgIpc) is 3.10. The number of H-pyrrole nitrogens is 1. The Bertz CT molecular complexity index is 1280. The number of sulfone groups is 1. The number of aromatic nitrogens is 2. The number of aromatic hydroxyl groups is 1. The van der Waals surface area contributed by atoms with Gasteiger partial charge in [-0.3, -0.25) is 9.78 Å². The van der Waals surface area contributed by atoms with E-state index in [1.54, 1.807) is 24.3 Å². The maximum absolute atomic E-state index is 12.7. The number of piperazine rings is 1. The van der Waals surface area contributed by atoms with Crippen LogP contribution in [0.4, 0.5) is 0 Å². The molecule has 0 bridgehead atoms. The average molecular weight is 492 g/mol. The Morgan fingerprint density at radius 3 is 2.58 bits per heavy atom. The molecule has 1 aliphatic heterocycles. The van der Waals surface area contributed by atoms with Gasteiger partial charge in [0.15, 0.2) is 15.7 Å². The van der Waals surface area contributed by atoms with Gasteiger partial charge in [-0.2, -0.15) is 0 Å². The molecule has 0 atom stereocenters. The summed E-state index contributed by atoms with van der Waals surface area (Å²) in [5.74, 6) is -0.835. The van der Waals surface area contributed by atoms with Crippen LogP contribution in [0, 0.1) is 0 Å². The fraction of sp³-hybridized carbons (Fsp3) is 0.273. The molecule has 1 amide bonds. The summed E-state index contributed by atoms with van der Waals surface area (Å²) in [5, 5.41) is 10.9. The Morgan fingerprint density at radius 1 is 1.21 bits per heavy atom. The molecule has 3 aromatic rings. The minimum absolute atomic E-state index is 0. The molecule has 2 aromatic heterocycles. The number of hydrogen-bond acceptors (Lipinski definition) is 7. The first-order chi connectivity index (χ1) is 15.2. The van der Waals surface area contributed by atoms with Gasteiger partial charge in [0.25, 0.3) is 0 Å². The van der Waals surface area contributed by atoms with Crippen LogP contribution in [0.3, 0.4) is 0 Å². The molecule has 0 unspecified atom stereocenters. The number of benzene rings is 1. The quantitative estimate of drug-likeness (QED) is 0.480. The minimum Gasteiger partial charge on any atom is -0.494 e. The van der Waals surface area contributed by atoms with Crippen LogP contribution in [0.15, 0.2) is 53.7 Å². The molecule has 4 N–H and O–H groups in total. The fourth-order valence-electron chi connectivity index (χ4n) is 3.69. The van der Waals surface area contributed by atoms with Crippen molar-refractivity contribution in [3.05, 3.63) is 54.4 Å². The highest BCUT2D eigenvalue weighted by atomic mass is 35.5. The van der Waals surface area contributed by atoms with E-state index in [0.29, 0.717) is 27.7 Å². The van der Waals surface area contributed by atoms with Crippen LogP contribution >= 0.6 is 12.4 Å². The Kier molecular flexibility index (Phi) is 7.31. The first-order valence-electron chi connectivity index (χ1n) is 10.2. The first kappa shape index (κ1) is 24.6. The monoisotopic (exact) mass is 491 g/mol. The minimum atomic E-state index is -3.55. The summed E-state index contributed by atoms with van der Waals surface area (Å²) in [7, 11) is -1.48. The Hall–Kier alpha value is -3.08. The van der Waals surface area contributed by atoms with Crippen molar-refractivity contribution in [3.63, 3.8) is 0 Å². The number of hydrogen-bond donors (Lipinski definition) is 3. The van der Waals surface area contributed by atoms with Gasteiger partial charge in [-0.25, -0.2) is 8.42 Å². The van der Waals surface area contributed by atoms with Crippen LogP contribution < -0.4 is 5.73 Å². The van der Waals surface area contributed by atoms with Gasteiger partial charge in [0.2, 0.25) is 5.91 Å². The highest BCUT2D eigenvalue weighted by Gasteiger charge is 2.18. The molecular weight excluding hydrogens is 466 g/mol. The summed E-state index contributed by atoms with van der Waals surface area (Å²) in [5.41, 5.74) is 7.01. The number of amides is 1. The van der Waals surface area contributed by atoms with Crippen molar-refractivity contribution >= 4 is 39.1 Å². The van der Waals surface area contributed by atoms with Crippen molar-refractivity contribution in [1.82, 2.24) is 19.8 Å². The zero-order valence-corrected chi connectivity index (χ0v) is 19.7. The Balaban J connectivity index is 0.00000306. The van der Waals surface area contributed by atoms with Gasteiger partial charge in [0, 0.05) is 48.8 Å². The molecule has 1 aromatic carbocycles. The normalized spacial score (nSPS) is 15.1. The van der Waals surface area contributed by atoms with E-state index in [4.69, 9.17) is 5.73 Å². The van der Waals surface area contributed by atoms with Gasteiger partial charge in [-0.1, -0.05) is 6.08 Å². The summed E-state index contributed by atoms with van der Waals surface area (Å²) in [6.45, 7) is 3.64. The molecule has 0 saturated carbocycles. The van der Waals surface area contributed by atoms with Crippen LogP contribution in [-0.4, -0.2) is 78.2 Å². The van der Waals surface area contributed by atoms with Crippen LogP contribution in [0.5, 0.6) is 5.88 Å². The van der Waals surface area contributed by atoms with Crippen molar-refractivity contribution in [2.45, 2.75) is 4.90 Å². The maximum Gasteiger partial charge on any atom is 0.248 e. The number of halogens is 1. The second-order valence-corrected chi connectivity index (χ2v) is 9.89. The number of carbonyl (C=O) groups excluding carboxylic acids is 1. The van der Waals surface area contributed by atoms with E-state index in [1.807, 2.05) is 6.20 Å². The number of likely N-dealkylation sites (N-methyl/N-ethyl adjacent to an activating group) is 1. The third kappa shape index (κ3) is 5.29. The number of aromatic amines is 1. The number of nitrogens with two attached hydrogens (primary N) is 1. The number of primary amides is 1. The van der Waals surface area contributed by atoms with E-state index in [0.717, 1.165) is 26.2 Å². The molecule has 33 heavy (non-hydrogen) atoms. The third-order valence-corrected chi connectivity index (χ3v) is 7.18. The van der Waals surface area contributed by atoms with Gasteiger partial charge in [0.05, 0.1) is 21.9 Å². The van der Waals surface area contributed by atoms with Crippen molar-refractivity contribution in [2.75, 3.05) is 39.0 Å². The predicted octanol–water partition coefficient (Wildman–Crippen LogP) is 1.99. The van der Waals surface area contributed by atoms with Crippen molar-refractivity contribution in [2.24, 2.45) is 5.73 Å². The van der Waals surface area contributed by atoms with E-state index in [2.05, 4.69) is 26.8 Å². The van der Waals surface area contributed by atoms with E-state index in [9.17, 15) is 18.3 Å². The lowest BCUT2D eigenvalue weighted by molar-refractivity contribution is 0.100. The molecular formula is C22H26ClN5O4S. The number of fused-ring (bicyclic) bond motifs is 1. The van der Waals surface area contributed by atoms with Crippen LogP contribution in [-0.2, 0) is 9.84 Å². The Morgan fingerprint density at radius 2 is 1.94 bits per heavy atom. The molecule has 1 fully saturated rings. The maximum atomic E-state index is 12.7. The number of nitrogens with zero attached hydrogens (tertiary/aromatic N) is 3. The largest absolute Gasteiger partial charge is 0.494 e. The number of pyridine rings is 1. The molecule has 9 nitrogen and oxygen atoms in total. The van der Waals surface area contributed by atoms with Gasteiger partial charge in [-0.05, 0) is 43.6 Å². The molecule has 3 heterocycles. The van der Waals surface area contributed by atoms with Crippen LogP contribution in [0.2, 0.25) is 0 Å². The van der Waals surface area contributed by atoms with Gasteiger partial charge < -0.3 is 25.6 Å². The van der Waals surface area contributed by atoms with Crippen molar-refractivity contribution < 1.29 is 18.3 Å². The van der Waals surface area contributed by atoms with Crippen LogP contribution in [0.25, 0.3) is 22.2 Å². The van der Waals surface area contributed by atoms with Gasteiger partial charge >= 0.3 is 0 Å². The van der Waals surface area contributed by atoms with Crippen molar-refractivity contribution in [3.8, 4) is 17.1 Å². The second-order valence-electron chi connectivity index (χ2n) is 7.86. The molecule has 0 spiro atoms. The highest BCUT2D eigenvalue weighted by Crippen LogP contribution is 2.36. The lowest BCUT2D eigenvalue weighted by Crippen LogP contribution is -2.41. The lowest BCUT2D eigenvalue weighted by atomic mass is 10.1. The summed E-state index contributed by atoms with van der Waals surface area (Å²) >= 11 is 0. The summed E-state index contributed by atoms with van der Waals surface area (Å²) in [4.78, 5) is 23.0. The zero-order valence-electron chi connectivity index (χ0n) is 18.1. The number of nitrogens with one attached hydrogen (secondary N) is 1. The summed E-state index contributed by atoms with van der Waals surface area (Å²) in [6.07, 6.45) is 4.78. The topological polar surface area (TPSA) is 133 Å². The smallest absolute Gasteiger partial charge is 0.248 e. The summed E-state index contributed by atoms with van der Waals surface area (Å²) < 4.78 is 25.4. The van der Waals surface area contributed by atoms with Gasteiger partial charge in [-0.15, -0.1) is 12.4 Å². The number of carbonyl (C=O) groups is 1. The molecule has 0 aliphatic carbocycles. The number of rotatable bonds is 6. The molecule has 1 saturated heterocycles.